The number of hydrogen-bond donors (Lipinski definition) is 1. The molecule has 0 aliphatic rings. The van der Waals surface area contributed by atoms with Gasteiger partial charge in [0.15, 0.2) is 0 Å². The Bertz CT molecular complexity index is 559. The lowest BCUT2D eigenvalue weighted by atomic mass is 10.2. The number of anilines is 1. The molecular formula is C16H22BrN3. The van der Waals surface area contributed by atoms with E-state index in [1.54, 1.807) is 0 Å². The smallest absolute Gasteiger partial charge is 0.0815 e. The molecule has 0 saturated carbocycles. The highest BCUT2D eigenvalue weighted by atomic mass is 79.9. The van der Waals surface area contributed by atoms with Crippen LogP contribution in [0.25, 0.3) is 0 Å². The summed E-state index contributed by atoms with van der Waals surface area (Å²) < 4.78 is 3.21. The van der Waals surface area contributed by atoms with Crippen LogP contribution in [-0.4, -0.2) is 9.78 Å². The maximum absolute atomic E-state index is 4.66. The first-order valence-electron chi connectivity index (χ1n) is 7.18. The zero-order valence-corrected chi connectivity index (χ0v) is 13.9. The minimum absolute atomic E-state index is 0.509. The van der Waals surface area contributed by atoms with Crippen molar-refractivity contribution in [1.29, 1.82) is 0 Å². The third kappa shape index (κ3) is 3.42. The number of nitrogens with one attached hydrogen (secondary N) is 1. The zero-order chi connectivity index (χ0) is 14.5. The van der Waals surface area contributed by atoms with E-state index in [0.29, 0.717) is 6.04 Å². The number of nitrogens with zero attached hydrogens (tertiary/aromatic N) is 2. The van der Waals surface area contributed by atoms with Crippen LogP contribution in [-0.2, 0) is 6.54 Å². The fourth-order valence-corrected chi connectivity index (χ4v) is 2.71. The first kappa shape index (κ1) is 15.1. The predicted octanol–water partition coefficient (Wildman–Crippen LogP) is 4.93. The normalized spacial score (nSPS) is 11.1. The van der Waals surface area contributed by atoms with Gasteiger partial charge in [0, 0.05) is 16.4 Å². The van der Waals surface area contributed by atoms with Crippen molar-refractivity contribution in [2.45, 2.75) is 46.2 Å². The molecule has 108 valence electrons. The maximum atomic E-state index is 4.66. The molecule has 3 nitrogen and oxygen atoms in total. The van der Waals surface area contributed by atoms with Gasteiger partial charge in [0.05, 0.1) is 18.3 Å². The molecule has 0 fully saturated rings. The SMILES string of the molecule is CCC(CC)n1ccc(CNc2cccc(C)c2Br)n1. The standard InChI is InChI=1S/C16H22BrN3/c1-4-14(5-2)20-10-9-13(19-20)11-18-15-8-6-7-12(3)16(15)17/h6-10,14,18H,4-5,11H2,1-3H3. The minimum Gasteiger partial charge on any atom is -0.378 e. The van der Waals surface area contributed by atoms with Crippen molar-refractivity contribution in [3.05, 3.63) is 46.2 Å². The Balaban J connectivity index is 2.03. The Morgan fingerprint density at radius 1 is 1.25 bits per heavy atom. The van der Waals surface area contributed by atoms with E-state index in [1.807, 2.05) is 0 Å². The van der Waals surface area contributed by atoms with Crippen LogP contribution in [0.3, 0.4) is 0 Å². The van der Waals surface area contributed by atoms with E-state index in [4.69, 9.17) is 0 Å². The molecule has 0 radical (unpaired) electrons. The summed E-state index contributed by atoms with van der Waals surface area (Å²) in [6.07, 6.45) is 4.32. The van der Waals surface area contributed by atoms with Crippen LogP contribution in [0.4, 0.5) is 5.69 Å². The lowest BCUT2D eigenvalue weighted by Gasteiger charge is -2.12. The van der Waals surface area contributed by atoms with Gasteiger partial charge in [-0.3, -0.25) is 4.68 Å². The van der Waals surface area contributed by atoms with Crippen molar-refractivity contribution in [2.24, 2.45) is 0 Å². The average molecular weight is 336 g/mol. The fourth-order valence-electron chi connectivity index (χ4n) is 2.31. The number of benzene rings is 1. The van der Waals surface area contributed by atoms with Gasteiger partial charge in [-0.2, -0.15) is 5.10 Å². The topological polar surface area (TPSA) is 29.9 Å². The monoisotopic (exact) mass is 335 g/mol. The third-order valence-corrected chi connectivity index (χ3v) is 4.68. The Labute approximate surface area is 129 Å². The third-order valence-electron chi connectivity index (χ3n) is 3.63. The van der Waals surface area contributed by atoms with Crippen LogP contribution in [0, 0.1) is 6.92 Å². The van der Waals surface area contributed by atoms with E-state index < -0.39 is 0 Å². The molecule has 0 unspecified atom stereocenters. The zero-order valence-electron chi connectivity index (χ0n) is 12.4. The molecule has 0 bridgehead atoms. The van der Waals surface area contributed by atoms with E-state index in [-0.39, 0.29) is 0 Å². The number of rotatable bonds is 6. The molecule has 1 aromatic heterocycles. The summed E-state index contributed by atoms with van der Waals surface area (Å²) in [4.78, 5) is 0. The fraction of sp³-hybridized carbons (Fsp3) is 0.438. The predicted molar refractivity (Wildman–Crippen MR) is 88.1 cm³/mol. The summed E-state index contributed by atoms with van der Waals surface area (Å²) in [6, 6.07) is 8.83. The molecule has 0 saturated heterocycles. The van der Waals surface area contributed by atoms with Gasteiger partial charge in [-0.15, -0.1) is 0 Å². The second-order valence-electron chi connectivity index (χ2n) is 5.05. The molecule has 1 heterocycles. The summed E-state index contributed by atoms with van der Waals surface area (Å²) in [7, 11) is 0. The highest BCUT2D eigenvalue weighted by Gasteiger charge is 2.08. The molecule has 1 aromatic carbocycles. The van der Waals surface area contributed by atoms with Crippen molar-refractivity contribution in [3.8, 4) is 0 Å². The quantitative estimate of drug-likeness (QED) is 0.811. The lowest BCUT2D eigenvalue weighted by Crippen LogP contribution is -2.09. The number of halogens is 1. The van der Waals surface area contributed by atoms with Crippen molar-refractivity contribution in [3.63, 3.8) is 0 Å². The average Bonchev–Trinajstić information content (AvgIpc) is 2.91. The van der Waals surface area contributed by atoms with Crippen molar-refractivity contribution < 1.29 is 0 Å². The van der Waals surface area contributed by atoms with Crippen LogP contribution in [0.5, 0.6) is 0 Å². The van der Waals surface area contributed by atoms with Crippen LogP contribution < -0.4 is 5.32 Å². The Morgan fingerprint density at radius 3 is 2.70 bits per heavy atom. The Kier molecular flexibility index (Phi) is 5.24. The lowest BCUT2D eigenvalue weighted by molar-refractivity contribution is 0.426. The molecule has 0 aliphatic heterocycles. The molecule has 1 N–H and O–H groups in total. The summed E-state index contributed by atoms with van der Waals surface area (Å²) in [5.41, 5.74) is 3.42. The van der Waals surface area contributed by atoms with Crippen LogP contribution >= 0.6 is 15.9 Å². The molecule has 20 heavy (non-hydrogen) atoms. The number of hydrogen-bond acceptors (Lipinski definition) is 2. The van der Waals surface area contributed by atoms with Gasteiger partial charge in [-0.05, 0) is 53.4 Å². The molecule has 2 aromatic rings. The number of aromatic nitrogens is 2. The van der Waals surface area contributed by atoms with Crippen molar-refractivity contribution in [2.75, 3.05) is 5.32 Å². The molecule has 0 amide bonds. The van der Waals surface area contributed by atoms with Gasteiger partial charge < -0.3 is 5.32 Å². The maximum Gasteiger partial charge on any atom is 0.0815 e. The van der Waals surface area contributed by atoms with Crippen LogP contribution in [0.15, 0.2) is 34.9 Å². The van der Waals surface area contributed by atoms with Gasteiger partial charge in [-0.1, -0.05) is 26.0 Å². The van der Waals surface area contributed by atoms with E-state index in [9.17, 15) is 0 Å². The highest BCUT2D eigenvalue weighted by Crippen LogP contribution is 2.26. The Morgan fingerprint density at radius 2 is 2.00 bits per heavy atom. The second kappa shape index (κ2) is 6.93. The van der Waals surface area contributed by atoms with Crippen LogP contribution in [0.2, 0.25) is 0 Å². The largest absolute Gasteiger partial charge is 0.378 e. The summed E-state index contributed by atoms with van der Waals surface area (Å²) >= 11 is 3.62. The summed E-state index contributed by atoms with van der Waals surface area (Å²) in [5.74, 6) is 0. The van der Waals surface area contributed by atoms with E-state index in [0.717, 1.165) is 35.2 Å². The second-order valence-corrected chi connectivity index (χ2v) is 5.84. The van der Waals surface area contributed by atoms with Gasteiger partial charge in [0.2, 0.25) is 0 Å². The first-order valence-corrected chi connectivity index (χ1v) is 7.98. The van der Waals surface area contributed by atoms with Gasteiger partial charge >= 0.3 is 0 Å². The highest BCUT2D eigenvalue weighted by molar-refractivity contribution is 9.10. The summed E-state index contributed by atoms with van der Waals surface area (Å²) in [6.45, 7) is 7.25. The molecule has 0 aliphatic carbocycles. The van der Waals surface area contributed by atoms with Crippen LogP contribution in [0.1, 0.15) is 44.0 Å². The van der Waals surface area contributed by atoms with E-state index >= 15 is 0 Å². The molecular weight excluding hydrogens is 314 g/mol. The molecule has 2 rings (SSSR count). The van der Waals surface area contributed by atoms with E-state index in [1.165, 1.54) is 5.56 Å². The van der Waals surface area contributed by atoms with Crippen molar-refractivity contribution in [1.82, 2.24) is 9.78 Å². The van der Waals surface area contributed by atoms with Gasteiger partial charge in [0.25, 0.3) is 0 Å². The van der Waals surface area contributed by atoms with Crippen molar-refractivity contribution >= 4 is 21.6 Å². The molecule has 4 heteroatoms. The molecule has 0 spiro atoms. The first-order chi connectivity index (χ1) is 9.65. The summed E-state index contributed by atoms with van der Waals surface area (Å²) in [5, 5.41) is 8.09. The molecule has 0 atom stereocenters. The number of aryl methyl sites for hydroxylation is 1. The minimum atomic E-state index is 0.509. The van der Waals surface area contributed by atoms with E-state index in [2.05, 4.69) is 82.3 Å². The Hall–Kier alpha value is -1.29. The van der Waals surface area contributed by atoms with Gasteiger partial charge in [0.1, 0.15) is 0 Å². The van der Waals surface area contributed by atoms with Gasteiger partial charge in [-0.25, -0.2) is 0 Å².